The molecule has 2 heterocycles. The molecule has 0 fully saturated rings. The zero-order chi connectivity index (χ0) is 15.0. The van der Waals surface area contributed by atoms with E-state index in [1.165, 1.54) is 11.1 Å². The van der Waals surface area contributed by atoms with E-state index in [1.807, 2.05) is 35.8 Å². The average molecular weight is 300 g/mol. The molecule has 2 aromatic heterocycles. The van der Waals surface area contributed by atoms with Crippen LogP contribution in [0.15, 0.2) is 42.6 Å². The number of hydrogen-bond acceptors (Lipinski definition) is 2. The van der Waals surface area contributed by atoms with Crippen LogP contribution in [0.1, 0.15) is 16.8 Å². The van der Waals surface area contributed by atoms with Crippen molar-refractivity contribution in [3.05, 3.63) is 59.4 Å². The maximum Gasteiger partial charge on any atom is 0.156 e. The molecule has 0 radical (unpaired) electrons. The number of halogens is 1. The molecule has 0 N–H and O–H groups in total. The van der Waals surface area contributed by atoms with Gasteiger partial charge in [0.2, 0.25) is 0 Å². The first kappa shape index (κ1) is 14.0. The molecule has 0 aliphatic carbocycles. The number of benzene rings is 1. The predicted octanol–water partition coefficient (Wildman–Crippen LogP) is 4.46. The Balaban J connectivity index is 2.14. The highest BCUT2D eigenvalue weighted by molar-refractivity contribution is 6.17. The first-order chi connectivity index (χ1) is 10.1. The summed E-state index contributed by atoms with van der Waals surface area (Å²) in [5.74, 6) is 1.33. The summed E-state index contributed by atoms with van der Waals surface area (Å²) in [5.41, 5.74) is 5.54. The van der Waals surface area contributed by atoms with Crippen LogP contribution in [0.5, 0.6) is 0 Å². The Hall–Kier alpha value is -2.00. The Labute approximate surface area is 129 Å². The van der Waals surface area contributed by atoms with Crippen LogP contribution in [-0.4, -0.2) is 16.4 Å². The van der Waals surface area contributed by atoms with Crippen LogP contribution >= 0.6 is 11.6 Å². The van der Waals surface area contributed by atoms with E-state index in [-0.39, 0.29) is 0 Å². The second kappa shape index (κ2) is 5.41. The number of aryl methyl sites for hydroxylation is 2. The SMILES string of the molecule is Cc1cc(C)cc(N(C)c2nc3ccccn3c2CCl)c1. The van der Waals surface area contributed by atoms with Gasteiger partial charge in [0.05, 0.1) is 11.6 Å². The number of fused-ring (bicyclic) bond motifs is 1. The summed E-state index contributed by atoms with van der Waals surface area (Å²) in [6.45, 7) is 4.22. The minimum absolute atomic E-state index is 0.426. The minimum Gasteiger partial charge on any atom is -0.328 e. The Kier molecular flexibility index (Phi) is 3.60. The highest BCUT2D eigenvalue weighted by Gasteiger charge is 2.16. The first-order valence-corrected chi connectivity index (χ1v) is 7.47. The number of alkyl halides is 1. The Morgan fingerprint density at radius 3 is 2.52 bits per heavy atom. The van der Waals surface area contributed by atoms with Crippen LogP contribution in [0.2, 0.25) is 0 Å². The normalized spacial score (nSPS) is 11.0. The molecule has 3 aromatic rings. The molecule has 4 heteroatoms. The maximum atomic E-state index is 6.16. The summed E-state index contributed by atoms with van der Waals surface area (Å²) in [4.78, 5) is 6.83. The van der Waals surface area contributed by atoms with Gasteiger partial charge in [-0.25, -0.2) is 4.98 Å². The molecular weight excluding hydrogens is 282 g/mol. The van der Waals surface area contributed by atoms with Crippen molar-refractivity contribution >= 4 is 28.8 Å². The van der Waals surface area contributed by atoms with E-state index in [0.717, 1.165) is 22.8 Å². The summed E-state index contributed by atoms with van der Waals surface area (Å²) < 4.78 is 2.04. The van der Waals surface area contributed by atoms with E-state index in [9.17, 15) is 0 Å². The lowest BCUT2D eigenvalue weighted by molar-refractivity contribution is 1.06. The lowest BCUT2D eigenvalue weighted by Gasteiger charge is -2.19. The number of aromatic nitrogens is 2. The van der Waals surface area contributed by atoms with Crippen molar-refractivity contribution in [2.24, 2.45) is 0 Å². The van der Waals surface area contributed by atoms with Gasteiger partial charge in [-0.3, -0.25) is 0 Å². The molecular formula is C17H18ClN3. The fourth-order valence-corrected chi connectivity index (χ4v) is 2.94. The van der Waals surface area contributed by atoms with Crippen LogP contribution in [0.3, 0.4) is 0 Å². The van der Waals surface area contributed by atoms with E-state index >= 15 is 0 Å². The quantitative estimate of drug-likeness (QED) is 0.666. The fraction of sp³-hybridized carbons (Fsp3) is 0.235. The number of hydrogen-bond donors (Lipinski definition) is 0. The van der Waals surface area contributed by atoms with Gasteiger partial charge >= 0.3 is 0 Å². The number of nitrogens with zero attached hydrogens (tertiary/aromatic N) is 3. The first-order valence-electron chi connectivity index (χ1n) is 6.94. The number of imidazole rings is 1. The molecule has 0 aliphatic rings. The van der Waals surface area contributed by atoms with E-state index in [0.29, 0.717) is 5.88 Å². The number of pyridine rings is 1. The Morgan fingerprint density at radius 1 is 1.14 bits per heavy atom. The number of anilines is 2. The number of rotatable bonds is 3. The monoisotopic (exact) mass is 299 g/mol. The van der Waals surface area contributed by atoms with Gasteiger partial charge in [0.1, 0.15) is 5.65 Å². The van der Waals surface area contributed by atoms with E-state index in [4.69, 9.17) is 16.6 Å². The van der Waals surface area contributed by atoms with Crippen molar-refractivity contribution in [3.63, 3.8) is 0 Å². The van der Waals surface area contributed by atoms with Crippen LogP contribution in [0.25, 0.3) is 5.65 Å². The maximum absolute atomic E-state index is 6.16. The largest absolute Gasteiger partial charge is 0.328 e. The third-order valence-corrected chi connectivity index (χ3v) is 3.90. The summed E-state index contributed by atoms with van der Waals surface area (Å²) in [6.07, 6.45) is 2.00. The molecule has 3 nitrogen and oxygen atoms in total. The predicted molar refractivity (Wildman–Crippen MR) is 88.7 cm³/mol. The van der Waals surface area contributed by atoms with Crippen LogP contribution in [0.4, 0.5) is 11.5 Å². The Bertz CT molecular complexity index is 772. The van der Waals surface area contributed by atoms with Gasteiger partial charge in [-0.15, -0.1) is 11.6 Å². The molecule has 0 atom stereocenters. The second-order valence-electron chi connectivity index (χ2n) is 5.35. The van der Waals surface area contributed by atoms with Gasteiger partial charge in [0.15, 0.2) is 5.82 Å². The highest BCUT2D eigenvalue weighted by Crippen LogP contribution is 2.29. The third kappa shape index (κ3) is 2.49. The smallest absolute Gasteiger partial charge is 0.156 e. The average Bonchev–Trinajstić information content (AvgIpc) is 2.83. The summed E-state index contributed by atoms with van der Waals surface area (Å²) in [5, 5.41) is 0. The molecule has 0 unspecified atom stereocenters. The molecule has 0 spiro atoms. The van der Waals surface area contributed by atoms with Crippen LogP contribution < -0.4 is 4.90 Å². The molecule has 0 bridgehead atoms. The molecule has 3 rings (SSSR count). The molecule has 108 valence electrons. The molecule has 0 amide bonds. The van der Waals surface area contributed by atoms with Crippen molar-refractivity contribution in [1.82, 2.24) is 9.38 Å². The lowest BCUT2D eigenvalue weighted by Crippen LogP contribution is -2.12. The fourth-order valence-electron chi connectivity index (χ4n) is 2.69. The third-order valence-electron chi connectivity index (χ3n) is 3.65. The molecule has 0 saturated heterocycles. The zero-order valence-electron chi connectivity index (χ0n) is 12.5. The van der Waals surface area contributed by atoms with E-state index in [2.05, 4.69) is 36.9 Å². The van der Waals surface area contributed by atoms with Gasteiger partial charge in [0.25, 0.3) is 0 Å². The van der Waals surface area contributed by atoms with Crippen molar-refractivity contribution in [2.45, 2.75) is 19.7 Å². The minimum atomic E-state index is 0.426. The summed E-state index contributed by atoms with van der Waals surface area (Å²) in [6, 6.07) is 12.5. The summed E-state index contributed by atoms with van der Waals surface area (Å²) >= 11 is 6.16. The second-order valence-corrected chi connectivity index (χ2v) is 5.62. The molecule has 1 aromatic carbocycles. The van der Waals surface area contributed by atoms with Crippen molar-refractivity contribution in [3.8, 4) is 0 Å². The topological polar surface area (TPSA) is 20.5 Å². The van der Waals surface area contributed by atoms with Gasteiger partial charge in [0, 0.05) is 18.9 Å². The molecule has 21 heavy (non-hydrogen) atoms. The van der Waals surface area contributed by atoms with Crippen LogP contribution in [-0.2, 0) is 5.88 Å². The van der Waals surface area contributed by atoms with Gasteiger partial charge in [-0.1, -0.05) is 12.1 Å². The van der Waals surface area contributed by atoms with Gasteiger partial charge in [-0.05, 0) is 49.2 Å². The van der Waals surface area contributed by atoms with Crippen LogP contribution in [0, 0.1) is 13.8 Å². The van der Waals surface area contributed by atoms with Gasteiger partial charge < -0.3 is 9.30 Å². The molecule has 0 aliphatic heterocycles. The van der Waals surface area contributed by atoms with Gasteiger partial charge in [-0.2, -0.15) is 0 Å². The zero-order valence-corrected chi connectivity index (χ0v) is 13.2. The lowest BCUT2D eigenvalue weighted by atomic mass is 10.1. The van der Waals surface area contributed by atoms with E-state index < -0.39 is 0 Å². The van der Waals surface area contributed by atoms with E-state index in [1.54, 1.807) is 0 Å². The summed E-state index contributed by atoms with van der Waals surface area (Å²) in [7, 11) is 2.03. The van der Waals surface area contributed by atoms with Crippen molar-refractivity contribution in [2.75, 3.05) is 11.9 Å². The Morgan fingerprint density at radius 2 is 1.86 bits per heavy atom. The van der Waals surface area contributed by atoms with Crippen molar-refractivity contribution < 1.29 is 0 Å². The highest BCUT2D eigenvalue weighted by atomic mass is 35.5. The van der Waals surface area contributed by atoms with Crippen molar-refractivity contribution in [1.29, 1.82) is 0 Å². The standard InChI is InChI=1S/C17H18ClN3/c1-12-8-13(2)10-14(9-12)20(3)17-15(11-18)21-7-5-4-6-16(21)19-17/h4-10H,11H2,1-3H3. The molecule has 0 saturated carbocycles.